The van der Waals surface area contributed by atoms with Crippen molar-refractivity contribution in [2.24, 2.45) is 0 Å². The maximum atomic E-state index is 13.6. The number of hydrogen-bond acceptors (Lipinski definition) is 6. The summed E-state index contributed by atoms with van der Waals surface area (Å²) in [4.78, 5) is 26.1. The van der Waals surface area contributed by atoms with Gasteiger partial charge >= 0.3 is 5.97 Å². The largest absolute Gasteiger partial charge is 0.462 e. The van der Waals surface area contributed by atoms with Gasteiger partial charge in [0, 0.05) is 17.4 Å². The van der Waals surface area contributed by atoms with Crippen LogP contribution in [0.15, 0.2) is 82.1 Å². The zero-order valence-electron chi connectivity index (χ0n) is 20.4. The Morgan fingerprint density at radius 3 is 2.28 bits per heavy atom. The van der Waals surface area contributed by atoms with Crippen LogP contribution in [-0.4, -0.2) is 26.9 Å². The molecule has 0 saturated heterocycles. The van der Waals surface area contributed by atoms with E-state index in [9.17, 15) is 18.0 Å². The van der Waals surface area contributed by atoms with E-state index in [1.165, 1.54) is 24.3 Å². The molecule has 7 nitrogen and oxygen atoms in total. The molecule has 0 spiro atoms. The van der Waals surface area contributed by atoms with Crippen molar-refractivity contribution in [3.05, 3.63) is 83.9 Å². The first-order valence-corrected chi connectivity index (χ1v) is 13.2. The number of furan rings is 1. The van der Waals surface area contributed by atoms with E-state index in [2.05, 4.69) is 0 Å². The van der Waals surface area contributed by atoms with Crippen LogP contribution >= 0.6 is 0 Å². The van der Waals surface area contributed by atoms with Gasteiger partial charge in [-0.2, -0.15) is 0 Å². The van der Waals surface area contributed by atoms with Crippen molar-refractivity contribution < 1.29 is 27.2 Å². The summed E-state index contributed by atoms with van der Waals surface area (Å²) in [5, 5.41) is 0.359. The Kier molecular flexibility index (Phi) is 7.26. The average molecular weight is 506 g/mol. The van der Waals surface area contributed by atoms with Gasteiger partial charge in [-0.25, -0.2) is 17.5 Å². The van der Waals surface area contributed by atoms with Crippen LogP contribution in [-0.2, 0) is 19.6 Å². The Morgan fingerprint density at radius 2 is 1.64 bits per heavy atom. The summed E-state index contributed by atoms with van der Waals surface area (Å²) in [5.41, 5.74) is 2.23. The van der Waals surface area contributed by atoms with Gasteiger partial charge in [0.15, 0.2) is 0 Å². The lowest BCUT2D eigenvalue weighted by Crippen LogP contribution is -2.36. The van der Waals surface area contributed by atoms with Gasteiger partial charge < -0.3 is 9.15 Å². The quantitative estimate of drug-likeness (QED) is 0.268. The van der Waals surface area contributed by atoms with Crippen LogP contribution in [0.1, 0.15) is 42.6 Å². The molecule has 4 aromatic rings. The molecule has 3 aromatic carbocycles. The zero-order chi connectivity index (χ0) is 25.9. The van der Waals surface area contributed by atoms with Crippen LogP contribution in [0.5, 0.6) is 0 Å². The van der Waals surface area contributed by atoms with Crippen molar-refractivity contribution in [3.8, 4) is 11.3 Å². The molecule has 1 amide bonds. The van der Waals surface area contributed by atoms with E-state index < -0.39 is 21.9 Å². The van der Waals surface area contributed by atoms with E-state index in [4.69, 9.17) is 9.15 Å². The first-order valence-electron chi connectivity index (χ1n) is 11.7. The molecule has 36 heavy (non-hydrogen) atoms. The number of rotatable bonds is 8. The first kappa shape index (κ1) is 25.2. The fourth-order valence-electron chi connectivity index (χ4n) is 3.96. The number of amides is 1. The molecule has 0 aliphatic carbocycles. The number of sulfonamides is 1. The van der Waals surface area contributed by atoms with Gasteiger partial charge in [-0.05, 0) is 50.6 Å². The number of esters is 1. The second-order valence-electron chi connectivity index (χ2n) is 8.30. The van der Waals surface area contributed by atoms with Gasteiger partial charge in [-0.3, -0.25) is 4.79 Å². The van der Waals surface area contributed by atoms with E-state index in [1.807, 2.05) is 25.1 Å². The fourth-order valence-corrected chi connectivity index (χ4v) is 5.40. The average Bonchev–Trinajstić information content (AvgIpc) is 3.24. The third-order valence-corrected chi connectivity index (χ3v) is 7.43. The van der Waals surface area contributed by atoms with E-state index in [0.717, 1.165) is 9.87 Å². The highest BCUT2D eigenvalue weighted by Gasteiger charge is 2.32. The molecule has 1 aromatic heterocycles. The van der Waals surface area contributed by atoms with Crippen molar-refractivity contribution in [2.75, 3.05) is 10.9 Å². The molecule has 0 fully saturated rings. The zero-order valence-corrected chi connectivity index (χ0v) is 21.2. The molecular formula is C28H27NO6S. The second kappa shape index (κ2) is 10.4. The Balaban J connectivity index is 1.94. The minimum absolute atomic E-state index is 0.000402. The predicted molar refractivity (Wildman–Crippen MR) is 138 cm³/mol. The first-order chi connectivity index (χ1) is 17.3. The predicted octanol–water partition coefficient (Wildman–Crippen LogP) is 6.11. The molecule has 4 rings (SSSR count). The molecule has 8 heteroatoms. The summed E-state index contributed by atoms with van der Waals surface area (Å²) in [7, 11) is -4.21. The Bertz CT molecular complexity index is 1510. The lowest BCUT2D eigenvalue weighted by molar-refractivity contribution is -0.117. The third kappa shape index (κ3) is 4.77. The third-order valence-electron chi connectivity index (χ3n) is 5.67. The molecular weight excluding hydrogens is 478 g/mol. The lowest BCUT2D eigenvalue weighted by atomic mass is 10.1. The molecule has 0 aliphatic heterocycles. The maximum absolute atomic E-state index is 13.6. The number of benzene rings is 3. The summed E-state index contributed by atoms with van der Waals surface area (Å²) < 4.78 is 39.4. The second-order valence-corrected chi connectivity index (χ2v) is 10.1. The Morgan fingerprint density at radius 1 is 0.944 bits per heavy atom. The van der Waals surface area contributed by atoms with E-state index in [1.54, 1.807) is 44.2 Å². The number of hydrogen-bond donors (Lipinski definition) is 0. The van der Waals surface area contributed by atoms with E-state index in [0.29, 0.717) is 28.7 Å². The molecule has 0 saturated carbocycles. The van der Waals surface area contributed by atoms with Crippen LogP contribution in [0.2, 0.25) is 0 Å². The number of anilines is 1. The summed E-state index contributed by atoms with van der Waals surface area (Å²) in [6.45, 7) is 5.51. The Labute approximate surface area is 210 Å². The van der Waals surface area contributed by atoms with Gasteiger partial charge in [0.05, 0.1) is 17.2 Å². The van der Waals surface area contributed by atoms with Crippen LogP contribution < -0.4 is 4.31 Å². The fraction of sp³-hybridized carbons (Fsp3) is 0.214. The molecule has 0 radical (unpaired) electrons. The topological polar surface area (TPSA) is 93.9 Å². The molecule has 0 N–H and O–H groups in total. The summed E-state index contributed by atoms with van der Waals surface area (Å²) >= 11 is 0. The van der Waals surface area contributed by atoms with Gasteiger partial charge in [-0.1, -0.05) is 55.0 Å². The minimum Gasteiger partial charge on any atom is -0.462 e. The van der Waals surface area contributed by atoms with Gasteiger partial charge in [-0.15, -0.1) is 0 Å². The van der Waals surface area contributed by atoms with Gasteiger partial charge in [0.2, 0.25) is 5.91 Å². The van der Waals surface area contributed by atoms with Crippen LogP contribution in [0, 0.1) is 6.92 Å². The van der Waals surface area contributed by atoms with Crippen molar-refractivity contribution in [2.45, 2.75) is 38.5 Å². The molecule has 1 heterocycles. The molecule has 0 bridgehead atoms. The van der Waals surface area contributed by atoms with Crippen molar-refractivity contribution in [1.29, 1.82) is 0 Å². The number of fused-ring (bicyclic) bond motifs is 1. The maximum Gasteiger partial charge on any atom is 0.342 e. The monoisotopic (exact) mass is 505 g/mol. The van der Waals surface area contributed by atoms with Crippen LogP contribution in [0.4, 0.5) is 5.69 Å². The molecule has 186 valence electrons. The number of nitrogens with zero attached hydrogens (tertiary/aromatic N) is 1. The smallest absolute Gasteiger partial charge is 0.342 e. The SMILES string of the molecule is CCCC(=O)N(c1ccc2oc(-c3ccccc3)c(C(=O)OCC)c2c1)S(=O)(=O)c1ccc(C)cc1. The van der Waals surface area contributed by atoms with E-state index >= 15 is 0 Å². The highest BCUT2D eigenvalue weighted by atomic mass is 32.2. The molecule has 0 atom stereocenters. The summed E-state index contributed by atoms with van der Waals surface area (Å²) in [5.74, 6) is -0.851. The van der Waals surface area contributed by atoms with Crippen molar-refractivity contribution >= 4 is 38.6 Å². The number of carbonyl (C=O) groups is 2. The minimum atomic E-state index is -4.21. The van der Waals surface area contributed by atoms with Crippen LogP contribution in [0.3, 0.4) is 0 Å². The van der Waals surface area contributed by atoms with Crippen molar-refractivity contribution in [1.82, 2.24) is 0 Å². The highest BCUT2D eigenvalue weighted by Crippen LogP contribution is 2.37. The van der Waals surface area contributed by atoms with Gasteiger partial charge in [0.1, 0.15) is 16.9 Å². The van der Waals surface area contributed by atoms with Crippen molar-refractivity contribution in [3.63, 3.8) is 0 Å². The summed E-state index contributed by atoms with van der Waals surface area (Å²) in [6, 6.07) is 20.0. The normalized spacial score (nSPS) is 11.4. The molecule has 0 unspecified atom stereocenters. The summed E-state index contributed by atoms with van der Waals surface area (Å²) in [6.07, 6.45) is 0.507. The lowest BCUT2D eigenvalue weighted by Gasteiger charge is -2.23. The number of aryl methyl sites for hydroxylation is 1. The van der Waals surface area contributed by atoms with Gasteiger partial charge in [0.25, 0.3) is 10.0 Å². The standard InChI is InChI=1S/C28H27NO6S/c1-4-9-25(30)29(36(32,33)22-15-12-19(3)13-16-22)21-14-17-24-23(18-21)26(28(31)34-5-2)27(35-24)20-10-7-6-8-11-20/h6-8,10-18H,4-5,9H2,1-3H3. The molecule has 0 aliphatic rings. The number of carbonyl (C=O) groups excluding carboxylic acids is 2. The Hall–Kier alpha value is -3.91. The highest BCUT2D eigenvalue weighted by molar-refractivity contribution is 7.93. The van der Waals surface area contributed by atoms with Crippen LogP contribution in [0.25, 0.3) is 22.3 Å². The number of ether oxygens (including phenoxy) is 1. The van der Waals surface area contributed by atoms with E-state index in [-0.39, 0.29) is 29.2 Å².